The molecule has 180 valence electrons. The van der Waals surface area contributed by atoms with Crippen LogP contribution in [0, 0.1) is 17.6 Å². The number of nitrogens with one attached hydrogen (secondary N) is 1. The number of rotatable bonds is 8. The number of amides is 4. The van der Waals surface area contributed by atoms with Crippen molar-refractivity contribution in [3.63, 3.8) is 0 Å². The quantitative estimate of drug-likeness (QED) is 0.549. The Morgan fingerprint density at radius 3 is 2.54 bits per heavy atom. The summed E-state index contributed by atoms with van der Waals surface area (Å²) in [6.07, 6.45) is 7.29. The Bertz CT molecular complexity index is 1250. The number of imide groups is 1. The Balaban J connectivity index is 1.42. The van der Waals surface area contributed by atoms with Crippen LogP contribution in [0.3, 0.4) is 0 Å². The van der Waals surface area contributed by atoms with Gasteiger partial charge in [0, 0.05) is 18.5 Å². The van der Waals surface area contributed by atoms with Crippen molar-refractivity contribution in [3.05, 3.63) is 94.6 Å². The monoisotopic (exact) mass is 498 g/mol. The van der Waals surface area contributed by atoms with Gasteiger partial charge in [-0.15, -0.1) is 0 Å². The summed E-state index contributed by atoms with van der Waals surface area (Å²) in [6, 6.07) is 9.24. The average molecular weight is 499 g/mol. The molecule has 1 aliphatic carbocycles. The van der Waals surface area contributed by atoms with Crippen molar-refractivity contribution in [1.29, 1.82) is 0 Å². The highest BCUT2D eigenvalue weighted by Crippen LogP contribution is 2.24. The summed E-state index contributed by atoms with van der Waals surface area (Å²) >= 11 is 6.17. The minimum Gasteiger partial charge on any atom is -0.352 e. The fourth-order valence-electron chi connectivity index (χ4n) is 3.99. The first kappa shape index (κ1) is 24.5. The van der Waals surface area contributed by atoms with Crippen LogP contribution < -0.4 is 5.32 Å². The predicted octanol–water partition coefficient (Wildman–Crippen LogP) is 4.37. The van der Waals surface area contributed by atoms with E-state index < -0.39 is 17.8 Å². The van der Waals surface area contributed by atoms with Gasteiger partial charge in [0.1, 0.15) is 29.8 Å². The van der Waals surface area contributed by atoms with Gasteiger partial charge < -0.3 is 5.32 Å². The Kier molecular flexibility index (Phi) is 7.51. The van der Waals surface area contributed by atoms with E-state index in [-0.39, 0.29) is 55.1 Å². The fraction of sp³-hybridized carbons (Fsp3) is 0.231. The van der Waals surface area contributed by atoms with Crippen LogP contribution in [0.1, 0.15) is 24.0 Å². The molecule has 1 unspecified atom stereocenters. The summed E-state index contributed by atoms with van der Waals surface area (Å²) in [5.41, 5.74) is 1.83. The molecule has 6 nitrogen and oxygen atoms in total. The van der Waals surface area contributed by atoms with Crippen LogP contribution in [0.5, 0.6) is 0 Å². The molecule has 1 heterocycles. The van der Waals surface area contributed by atoms with Gasteiger partial charge >= 0.3 is 11.9 Å². The third kappa shape index (κ3) is 5.71. The van der Waals surface area contributed by atoms with Gasteiger partial charge in [0.15, 0.2) is 0 Å². The molecule has 0 bridgehead atoms. The molecule has 4 rings (SSSR count). The van der Waals surface area contributed by atoms with E-state index in [0.717, 1.165) is 10.5 Å². The van der Waals surface area contributed by atoms with E-state index in [4.69, 9.17) is 11.6 Å². The minimum atomic E-state index is -0.635. The number of carbonyl (C=O) groups is 3. The van der Waals surface area contributed by atoms with E-state index in [1.165, 1.54) is 34.9 Å². The van der Waals surface area contributed by atoms with Crippen LogP contribution >= 0.6 is 11.6 Å². The maximum atomic E-state index is 13.5. The number of benzene rings is 2. The molecule has 9 heteroatoms. The van der Waals surface area contributed by atoms with Crippen LogP contribution in [0.2, 0.25) is 5.02 Å². The number of fused-ring (bicyclic) bond motifs is 1. The molecule has 0 fully saturated rings. The SMILES string of the molecule is O=C(CCCN1C(=O)C2C=CC=CC2=[N+](Cc2ccc(F)cc2Cl)C1=O)NCc1ccc(F)cc1. The summed E-state index contributed by atoms with van der Waals surface area (Å²) in [5.74, 6) is -2.07. The lowest BCUT2D eigenvalue weighted by Gasteiger charge is -2.27. The number of hydrogen-bond acceptors (Lipinski definition) is 3. The molecule has 2 aliphatic rings. The molecule has 2 aromatic carbocycles. The highest BCUT2D eigenvalue weighted by Gasteiger charge is 2.46. The zero-order valence-electron chi connectivity index (χ0n) is 18.7. The van der Waals surface area contributed by atoms with E-state index in [1.54, 1.807) is 36.4 Å². The van der Waals surface area contributed by atoms with Crippen LogP contribution in [0.25, 0.3) is 0 Å². The molecule has 1 N–H and O–H groups in total. The summed E-state index contributed by atoms with van der Waals surface area (Å²) in [7, 11) is 0. The second-order valence-corrected chi connectivity index (χ2v) is 8.65. The first-order valence-electron chi connectivity index (χ1n) is 11.1. The third-order valence-corrected chi connectivity index (χ3v) is 6.19. The molecule has 1 aliphatic heterocycles. The van der Waals surface area contributed by atoms with Gasteiger partial charge in [0.2, 0.25) is 5.91 Å². The molecule has 1 atom stereocenters. The lowest BCUT2D eigenvalue weighted by atomic mass is 9.94. The number of nitrogens with zero attached hydrogens (tertiary/aromatic N) is 2. The first-order valence-corrected chi connectivity index (χ1v) is 11.5. The maximum absolute atomic E-state index is 13.5. The van der Waals surface area contributed by atoms with Crippen molar-refractivity contribution in [2.24, 2.45) is 5.92 Å². The Labute approximate surface area is 206 Å². The van der Waals surface area contributed by atoms with Crippen LogP contribution in [-0.4, -0.2) is 39.6 Å². The Morgan fingerprint density at radius 1 is 1.06 bits per heavy atom. The lowest BCUT2D eigenvalue weighted by molar-refractivity contribution is -0.456. The van der Waals surface area contributed by atoms with Crippen LogP contribution in [-0.2, 0) is 22.7 Å². The van der Waals surface area contributed by atoms with Gasteiger partial charge in [-0.25, -0.2) is 13.6 Å². The third-order valence-electron chi connectivity index (χ3n) is 5.84. The smallest absolute Gasteiger partial charge is 0.352 e. The molecule has 4 amide bonds. The summed E-state index contributed by atoms with van der Waals surface area (Å²) < 4.78 is 27.9. The molecule has 0 saturated carbocycles. The van der Waals surface area contributed by atoms with Gasteiger partial charge in [0.25, 0.3) is 0 Å². The van der Waals surface area contributed by atoms with Gasteiger partial charge in [-0.3, -0.25) is 4.79 Å². The fourth-order valence-corrected chi connectivity index (χ4v) is 4.22. The van der Waals surface area contributed by atoms with E-state index >= 15 is 0 Å². The molecule has 0 radical (unpaired) electrons. The lowest BCUT2D eigenvalue weighted by Crippen LogP contribution is -2.54. The second-order valence-electron chi connectivity index (χ2n) is 8.25. The van der Waals surface area contributed by atoms with E-state index in [9.17, 15) is 23.2 Å². The van der Waals surface area contributed by atoms with Gasteiger partial charge in [-0.05, 0) is 42.3 Å². The normalized spacial score (nSPS) is 17.1. The molecule has 35 heavy (non-hydrogen) atoms. The topological polar surface area (TPSA) is 69.5 Å². The maximum Gasteiger partial charge on any atom is 0.501 e. The van der Waals surface area contributed by atoms with E-state index in [1.807, 2.05) is 0 Å². The Hall–Kier alpha value is -3.65. The van der Waals surface area contributed by atoms with Crippen molar-refractivity contribution in [3.8, 4) is 0 Å². The van der Waals surface area contributed by atoms with Gasteiger partial charge in [-0.1, -0.05) is 48.0 Å². The van der Waals surface area contributed by atoms with Crippen molar-refractivity contribution in [2.75, 3.05) is 6.54 Å². The minimum absolute atomic E-state index is 0.0661. The van der Waals surface area contributed by atoms with Crippen molar-refractivity contribution in [2.45, 2.75) is 25.9 Å². The highest BCUT2D eigenvalue weighted by molar-refractivity contribution is 6.31. The standard InChI is InChI=1S/C26H22ClF2N3O3/c27-22-14-20(29)12-9-18(22)16-32-23-5-2-1-4-21(23)25(34)31(26(32)35)13-3-6-24(33)30-15-17-7-10-19(28)11-8-17/h1-2,4-5,7-12,14,21H,3,6,13,15-16H2/p+1. The van der Waals surface area contributed by atoms with Crippen molar-refractivity contribution in [1.82, 2.24) is 10.2 Å². The molecule has 0 saturated heterocycles. The summed E-state index contributed by atoms with van der Waals surface area (Å²) in [6.45, 7) is 0.394. The Morgan fingerprint density at radius 2 is 1.80 bits per heavy atom. The highest BCUT2D eigenvalue weighted by atomic mass is 35.5. The second kappa shape index (κ2) is 10.7. The largest absolute Gasteiger partial charge is 0.501 e. The zero-order valence-corrected chi connectivity index (χ0v) is 19.5. The van der Waals surface area contributed by atoms with E-state index in [0.29, 0.717) is 11.3 Å². The average Bonchev–Trinajstić information content (AvgIpc) is 2.84. The van der Waals surface area contributed by atoms with Gasteiger partial charge in [-0.2, -0.15) is 14.3 Å². The zero-order chi connectivity index (χ0) is 24.9. The van der Waals surface area contributed by atoms with Crippen LogP contribution in [0.15, 0.2) is 66.8 Å². The van der Waals surface area contributed by atoms with E-state index in [2.05, 4.69) is 5.32 Å². The van der Waals surface area contributed by atoms with Crippen molar-refractivity contribution >= 4 is 35.2 Å². The van der Waals surface area contributed by atoms with Gasteiger partial charge in [0.05, 0.1) is 11.6 Å². The molecule has 0 spiro atoms. The summed E-state index contributed by atoms with van der Waals surface area (Å²) in [4.78, 5) is 39.7. The first-order chi connectivity index (χ1) is 16.8. The van der Waals surface area contributed by atoms with Crippen LogP contribution in [0.4, 0.5) is 13.6 Å². The summed E-state index contributed by atoms with van der Waals surface area (Å²) in [5, 5.41) is 2.93. The predicted molar refractivity (Wildman–Crippen MR) is 127 cm³/mol. The number of allylic oxidation sites excluding steroid dienone is 3. The number of urea groups is 1. The van der Waals surface area contributed by atoms with Crippen molar-refractivity contribution < 1.29 is 27.7 Å². The molecule has 0 aromatic heterocycles. The number of carbonyl (C=O) groups excluding carboxylic acids is 3. The molecule has 2 aromatic rings. The molecular formula is C26H23ClF2N3O3+. The number of halogens is 3. The molecular weight excluding hydrogens is 476 g/mol. The number of hydrogen-bond donors (Lipinski definition) is 1.